The van der Waals surface area contributed by atoms with Gasteiger partial charge in [-0.15, -0.1) is 0 Å². The minimum atomic E-state index is -1.20. The Labute approximate surface area is 154 Å². The number of hydrogen-bond donors (Lipinski definition) is 1. The predicted molar refractivity (Wildman–Crippen MR) is 93.9 cm³/mol. The van der Waals surface area contributed by atoms with Gasteiger partial charge in [-0.1, -0.05) is 24.3 Å². The molecule has 0 fully saturated rings. The van der Waals surface area contributed by atoms with Gasteiger partial charge in [-0.05, 0) is 25.1 Å². The van der Waals surface area contributed by atoms with Crippen molar-refractivity contribution in [1.29, 1.82) is 5.26 Å². The zero-order chi connectivity index (χ0) is 19.8. The Hall–Kier alpha value is -3.93. The van der Waals surface area contributed by atoms with Gasteiger partial charge < -0.3 is 14.8 Å². The van der Waals surface area contributed by atoms with E-state index < -0.39 is 29.5 Å². The lowest BCUT2D eigenvalue weighted by atomic mass is 10.2. The summed E-state index contributed by atoms with van der Waals surface area (Å²) in [4.78, 5) is 34.3. The van der Waals surface area contributed by atoms with Crippen molar-refractivity contribution in [2.24, 2.45) is 0 Å². The molecule has 2 rings (SSSR count). The number of hydrogen-bond acceptors (Lipinski definition) is 7. The number of rotatable bonds is 7. The molecule has 1 N–H and O–H groups in total. The minimum absolute atomic E-state index is 0.00500. The largest absolute Gasteiger partial charge is 0.481 e. The predicted octanol–water partition coefficient (Wildman–Crippen LogP) is 2.42. The molecule has 0 aliphatic rings. The molecule has 0 unspecified atom stereocenters. The van der Waals surface area contributed by atoms with Crippen LogP contribution >= 0.6 is 0 Å². The van der Waals surface area contributed by atoms with E-state index in [0.717, 1.165) is 0 Å². The molecule has 0 aromatic heterocycles. The fraction of sp³-hybridized carbons (Fsp3) is 0.167. The van der Waals surface area contributed by atoms with Crippen molar-refractivity contribution < 1.29 is 24.0 Å². The molecule has 1 atom stereocenters. The average molecular weight is 369 g/mol. The fourth-order valence-corrected chi connectivity index (χ4v) is 2.08. The molecule has 0 aliphatic carbocycles. The Balaban J connectivity index is 1.92. The molecule has 0 saturated heterocycles. The van der Waals surface area contributed by atoms with Crippen LogP contribution in [-0.2, 0) is 14.3 Å². The summed E-state index contributed by atoms with van der Waals surface area (Å²) in [5.74, 6) is -1.34. The first-order valence-electron chi connectivity index (χ1n) is 7.78. The first-order chi connectivity index (χ1) is 12.9. The van der Waals surface area contributed by atoms with E-state index in [1.54, 1.807) is 12.1 Å². The van der Waals surface area contributed by atoms with Gasteiger partial charge in [0, 0.05) is 6.07 Å². The number of benzene rings is 2. The van der Waals surface area contributed by atoms with Crippen molar-refractivity contribution in [3.05, 3.63) is 64.2 Å². The van der Waals surface area contributed by atoms with Crippen LogP contribution in [0.15, 0.2) is 48.5 Å². The number of amides is 1. The van der Waals surface area contributed by atoms with Crippen LogP contribution in [0.4, 0.5) is 11.4 Å². The van der Waals surface area contributed by atoms with Crippen LogP contribution in [-0.4, -0.2) is 29.5 Å². The molecular weight excluding hydrogens is 354 g/mol. The molecule has 0 saturated carbocycles. The number of carbonyl (C=O) groups is 2. The van der Waals surface area contributed by atoms with Gasteiger partial charge in [-0.25, -0.2) is 4.79 Å². The number of nitrogens with one attached hydrogen (secondary N) is 1. The molecule has 138 valence electrons. The lowest BCUT2D eigenvalue weighted by molar-refractivity contribution is -0.383. The molecule has 0 aliphatic heterocycles. The normalized spacial score (nSPS) is 11.0. The van der Waals surface area contributed by atoms with Crippen LogP contribution in [0.5, 0.6) is 5.75 Å². The summed E-state index contributed by atoms with van der Waals surface area (Å²) in [6, 6.07) is 13.9. The number of carbonyl (C=O) groups excluding carboxylic acids is 2. The van der Waals surface area contributed by atoms with Crippen molar-refractivity contribution in [1.82, 2.24) is 0 Å². The Bertz CT molecular complexity index is 906. The van der Waals surface area contributed by atoms with E-state index >= 15 is 0 Å². The fourth-order valence-electron chi connectivity index (χ4n) is 2.08. The molecule has 0 spiro atoms. The summed E-state index contributed by atoms with van der Waals surface area (Å²) in [7, 11) is 0. The van der Waals surface area contributed by atoms with Crippen LogP contribution in [0.1, 0.15) is 12.5 Å². The molecule has 2 aromatic carbocycles. The number of anilines is 1. The Morgan fingerprint density at radius 1 is 1.22 bits per heavy atom. The van der Waals surface area contributed by atoms with Gasteiger partial charge in [-0.2, -0.15) is 5.26 Å². The van der Waals surface area contributed by atoms with Gasteiger partial charge >= 0.3 is 5.97 Å². The average Bonchev–Trinajstić information content (AvgIpc) is 2.66. The van der Waals surface area contributed by atoms with E-state index in [-0.39, 0.29) is 22.7 Å². The Morgan fingerprint density at radius 3 is 2.59 bits per heavy atom. The maximum absolute atomic E-state index is 12.1. The molecule has 9 heteroatoms. The molecule has 0 heterocycles. The standard InChI is InChI=1S/C18H15N3O6/c1-12(18(23)20-14-7-3-4-8-15(14)21(24)25)27-17(22)11-26-16-9-5-2-6-13(16)10-19/h2-9,12H,11H2,1H3,(H,20,23)/t12-/m1/s1. The number of nitrogens with zero attached hydrogens (tertiary/aromatic N) is 2. The molecule has 1 amide bonds. The molecule has 2 aromatic rings. The lowest BCUT2D eigenvalue weighted by Crippen LogP contribution is -2.31. The first kappa shape index (κ1) is 19.4. The zero-order valence-corrected chi connectivity index (χ0v) is 14.2. The quantitative estimate of drug-likeness (QED) is 0.450. The van der Waals surface area contributed by atoms with Crippen molar-refractivity contribution >= 4 is 23.3 Å². The molecule has 27 heavy (non-hydrogen) atoms. The minimum Gasteiger partial charge on any atom is -0.481 e. The summed E-state index contributed by atoms with van der Waals surface area (Å²) in [6.07, 6.45) is -1.20. The van der Waals surface area contributed by atoms with E-state index in [1.807, 2.05) is 6.07 Å². The van der Waals surface area contributed by atoms with E-state index in [1.165, 1.54) is 43.3 Å². The van der Waals surface area contributed by atoms with Crippen molar-refractivity contribution in [2.75, 3.05) is 11.9 Å². The summed E-state index contributed by atoms with van der Waals surface area (Å²) in [6.45, 7) is 0.826. The third-order valence-electron chi connectivity index (χ3n) is 3.39. The highest BCUT2D eigenvalue weighted by Gasteiger charge is 2.22. The van der Waals surface area contributed by atoms with E-state index in [9.17, 15) is 19.7 Å². The summed E-state index contributed by atoms with van der Waals surface area (Å²) >= 11 is 0. The van der Waals surface area contributed by atoms with E-state index in [0.29, 0.717) is 0 Å². The first-order valence-corrected chi connectivity index (χ1v) is 7.78. The number of nitro benzene ring substituents is 1. The second-order valence-electron chi connectivity index (χ2n) is 5.29. The number of esters is 1. The van der Waals surface area contributed by atoms with Gasteiger partial charge in [0.25, 0.3) is 11.6 Å². The third-order valence-corrected chi connectivity index (χ3v) is 3.39. The van der Waals surface area contributed by atoms with Crippen molar-refractivity contribution in [2.45, 2.75) is 13.0 Å². The van der Waals surface area contributed by atoms with Gasteiger partial charge in [0.05, 0.1) is 10.5 Å². The van der Waals surface area contributed by atoms with Gasteiger partial charge in [0.1, 0.15) is 17.5 Å². The van der Waals surface area contributed by atoms with Crippen LogP contribution in [0.25, 0.3) is 0 Å². The van der Waals surface area contributed by atoms with Gasteiger partial charge in [0.15, 0.2) is 12.7 Å². The summed E-state index contributed by atoms with van der Waals surface area (Å²) in [5.41, 5.74) is -0.0251. The third kappa shape index (κ3) is 5.27. The smallest absolute Gasteiger partial charge is 0.344 e. The summed E-state index contributed by atoms with van der Waals surface area (Å²) in [5, 5.41) is 22.3. The Kier molecular flexibility index (Phi) is 6.44. The number of nitriles is 1. The Morgan fingerprint density at radius 2 is 1.89 bits per heavy atom. The maximum Gasteiger partial charge on any atom is 0.344 e. The highest BCUT2D eigenvalue weighted by atomic mass is 16.6. The van der Waals surface area contributed by atoms with Gasteiger partial charge in [0.2, 0.25) is 0 Å². The summed E-state index contributed by atoms with van der Waals surface area (Å²) < 4.78 is 10.2. The van der Waals surface area contributed by atoms with Crippen molar-refractivity contribution in [3.63, 3.8) is 0 Å². The number of para-hydroxylation sites is 3. The number of nitro groups is 1. The molecular formula is C18H15N3O6. The molecule has 0 radical (unpaired) electrons. The second kappa shape index (κ2) is 8.96. The highest BCUT2D eigenvalue weighted by Crippen LogP contribution is 2.23. The zero-order valence-electron chi connectivity index (χ0n) is 14.2. The highest BCUT2D eigenvalue weighted by molar-refractivity contribution is 5.96. The molecule has 9 nitrogen and oxygen atoms in total. The van der Waals surface area contributed by atoms with Gasteiger partial charge in [-0.3, -0.25) is 14.9 Å². The van der Waals surface area contributed by atoms with E-state index in [4.69, 9.17) is 14.7 Å². The maximum atomic E-state index is 12.1. The number of ether oxygens (including phenoxy) is 2. The second-order valence-corrected chi connectivity index (χ2v) is 5.29. The van der Waals surface area contributed by atoms with Crippen LogP contribution in [0.2, 0.25) is 0 Å². The van der Waals surface area contributed by atoms with Crippen molar-refractivity contribution in [3.8, 4) is 11.8 Å². The SMILES string of the molecule is C[C@@H](OC(=O)COc1ccccc1C#N)C(=O)Nc1ccccc1[N+](=O)[O-]. The van der Waals surface area contributed by atoms with Crippen LogP contribution in [0.3, 0.4) is 0 Å². The monoisotopic (exact) mass is 369 g/mol. The lowest BCUT2D eigenvalue weighted by Gasteiger charge is -2.14. The molecule has 0 bridgehead atoms. The topological polar surface area (TPSA) is 132 Å². The van der Waals surface area contributed by atoms with Crippen LogP contribution in [0, 0.1) is 21.4 Å². The van der Waals surface area contributed by atoms with E-state index in [2.05, 4.69) is 5.32 Å². The van der Waals surface area contributed by atoms with Crippen LogP contribution < -0.4 is 10.1 Å².